The molecule has 2 aliphatic rings. The molecule has 2 bridgehead atoms. The number of halogens is 1. The number of carbonyl (C=O) groups is 2. The summed E-state index contributed by atoms with van der Waals surface area (Å²) in [4.78, 5) is 27.9. The van der Waals surface area contributed by atoms with Crippen LogP contribution in [0.3, 0.4) is 0 Å². The first-order valence-corrected chi connectivity index (χ1v) is 8.00. The lowest BCUT2D eigenvalue weighted by atomic mass is 9.99. The molecule has 2 fully saturated rings. The lowest BCUT2D eigenvalue weighted by Gasteiger charge is -2.33. The van der Waals surface area contributed by atoms with Gasteiger partial charge < -0.3 is 19.9 Å². The second-order valence-corrected chi connectivity index (χ2v) is 6.59. The van der Waals surface area contributed by atoms with E-state index in [4.69, 9.17) is 16.3 Å². The Bertz CT molecular complexity index is 622. The predicted octanol–water partition coefficient (Wildman–Crippen LogP) is 2.05. The quantitative estimate of drug-likeness (QED) is 0.898. The van der Waals surface area contributed by atoms with Gasteiger partial charge in [-0.1, -0.05) is 23.7 Å². The number of rotatable bonds is 2. The minimum atomic E-state index is -0.236. The number of fused-ring (bicyclic) bond motifs is 2. The van der Waals surface area contributed by atoms with E-state index in [0.29, 0.717) is 30.2 Å². The van der Waals surface area contributed by atoms with Crippen LogP contribution in [0, 0.1) is 5.92 Å². The first kappa shape index (κ1) is 16.1. The van der Waals surface area contributed by atoms with Gasteiger partial charge in [0.05, 0.1) is 28.8 Å². The molecule has 3 unspecified atom stereocenters. The summed E-state index contributed by atoms with van der Waals surface area (Å²) >= 11 is 6.07. The zero-order valence-corrected chi connectivity index (χ0v) is 13.9. The first-order chi connectivity index (χ1) is 11.0. The van der Waals surface area contributed by atoms with E-state index in [1.807, 2.05) is 12.1 Å². The standard InChI is InChI=1S/C16H20ClN3O3/c1-19(2)15(21)11-7-10-8-20(9-14(11)23-10)16(22)18-13-6-4-3-5-12(13)17/h3-6,10-11,14H,7-9H2,1-2H3,(H,18,22). The molecule has 3 rings (SSSR count). The summed E-state index contributed by atoms with van der Waals surface area (Å²) in [5.74, 6) is -0.112. The third kappa shape index (κ3) is 3.28. The number of amides is 3. The van der Waals surface area contributed by atoms with Crippen LogP contribution in [0.5, 0.6) is 0 Å². The van der Waals surface area contributed by atoms with Gasteiger partial charge in [-0.3, -0.25) is 4.79 Å². The van der Waals surface area contributed by atoms with Gasteiger partial charge in [-0.2, -0.15) is 0 Å². The molecule has 6 nitrogen and oxygen atoms in total. The van der Waals surface area contributed by atoms with Crippen molar-refractivity contribution in [2.75, 3.05) is 32.5 Å². The third-order valence-electron chi connectivity index (χ3n) is 4.32. The molecule has 1 aromatic rings. The molecule has 3 atom stereocenters. The molecule has 1 N–H and O–H groups in total. The molecule has 2 heterocycles. The van der Waals surface area contributed by atoms with Gasteiger partial charge in [0.15, 0.2) is 0 Å². The number of nitrogens with one attached hydrogen (secondary N) is 1. The topological polar surface area (TPSA) is 61.9 Å². The smallest absolute Gasteiger partial charge is 0.322 e. The number of hydrogen-bond acceptors (Lipinski definition) is 3. The van der Waals surface area contributed by atoms with Crippen LogP contribution in [-0.4, -0.2) is 61.1 Å². The lowest BCUT2D eigenvalue weighted by molar-refractivity contribution is -0.135. The van der Waals surface area contributed by atoms with E-state index < -0.39 is 0 Å². The van der Waals surface area contributed by atoms with Gasteiger partial charge in [0.25, 0.3) is 0 Å². The van der Waals surface area contributed by atoms with Crippen molar-refractivity contribution in [2.45, 2.75) is 18.6 Å². The van der Waals surface area contributed by atoms with Crippen LogP contribution in [0.2, 0.25) is 5.02 Å². The zero-order chi connectivity index (χ0) is 16.6. The maximum Gasteiger partial charge on any atom is 0.322 e. The van der Waals surface area contributed by atoms with E-state index in [1.165, 1.54) is 0 Å². The Morgan fingerprint density at radius 2 is 2.04 bits per heavy atom. The van der Waals surface area contributed by atoms with Crippen molar-refractivity contribution < 1.29 is 14.3 Å². The minimum Gasteiger partial charge on any atom is -0.370 e. The van der Waals surface area contributed by atoms with E-state index in [2.05, 4.69) is 5.32 Å². The minimum absolute atomic E-state index is 0.0610. The fourth-order valence-corrected chi connectivity index (χ4v) is 3.36. The Morgan fingerprint density at radius 3 is 2.74 bits per heavy atom. The Hall–Kier alpha value is -1.79. The van der Waals surface area contributed by atoms with Gasteiger partial charge in [0.2, 0.25) is 5.91 Å². The normalized spacial score (nSPS) is 26.0. The van der Waals surface area contributed by atoms with Gasteiger partial charge in [-0.25, -0.2) is 4.79 Å². The SMILES string of the molecule is CN(C)C(=O)C1CC2CN(C(=O)Nc3ccccc3Cl)CC1O2. The average molecular weight is 338 g/mol. The van der Waals surface area contributed by atoms with E-state index >= 15 is 0 Å². The third-order valence-corrected chi connectivity index (χ3v) is 4.65. The van der Waals surface area contributed by atoms with Crippen LogP contribution in [0.25, 0.3) is 0 Å². The summed E-state index contributed by atoms with van der Waals surface area (Å²) in [6.07, 6.45) is 0.345. The number of ether oxygens (including phenoxy) is 1. The highest BCUT2D eigenvalue weighted by Crippen LogP contribution is 2.33. The van der Waals surface area contributed by atoms with Gasteiger partial charge in [-0.15, -0.1) is 0 Å². The molecule has 7 heteroatoms. The van der Waals surface area contributed by atoms with Crippen LogP contribution >= 0.6 is 11.6 Å². The van der Waals surface area contributed by atoms with Gasteiger partial charge in [-0.05, 0) is 18.6 Å². The molecular weight excluding hydrogens is 318 g/mol. The largest absolute Gasteiger partial charge is 0.370 e. The van der Waals surface area contributed by atoms with Crippen molar-refractivity contribution in [1.29, 1.82) is 0 Å². The van der Waals surface area contributed by atoms with E-state index in [9.17, 15) is 9.59 Å². The Balaban J connectivity index is 1.66. The molecule has 23 heavy (non-hydrogen) atoms. The number of anilines is 1. The van der Waals surface area contributed by atoms with Crippen LogP contribution in [0.4, 0.5) is 10.5 Å². The van der Waals surface area contributed by atoms with Crippen molar-refractivity contribution >= 4 is 29.2 Å². The van der Waals surface area contributed by atoms with E-state index in [0.717, 1.165) is 0 Å². The maximum absolute atomic E-state index is 12.5. The maximum atomic E-state index is 12.5. The summed E-state index contributed by atoms with van der Waals surface area (Å²) in [6, 6.07) is 6.90. The molecule has 3 amide bonds. The number of urea groups is 1. The number of benzene rings is 1. The monoisotopic (exact) mass is 337 g/mol. The number of para-hydroxylation sites is 1. The van der Waals surface area contributed by atoms with Crippen molar-refractivity contribution in [2.24, 2.45) is 5.92 Å². The van der Waals surface area contributed by atoms with Crippen molar-refractivity contribution in [3.8, 4) is 0 Å². The second kappa shape index (κ2) is 6.37. The lowest BCUT2D eigenvalue weighted by Crippen LogP contribution is -2.49. The number of nitrogens with zero attached hydrogens (tertiary/aromatic N) is 2. The summed E-state index contributed by atoms with van der Waals surface area (Å²) in [5.41, 5.74) is 0.582. The van der Waals surface area contributed by atoms with Gasteiger partial charge in [0, 0.05) is 27.2 Å². The molecular formula is C16H20ClN3O3. The summed E-state index contributed by atoms with van der Waals surface area (Å²) < 4.78 is 5.84. The van der Waals surface area contributed by atoms with Crippen LogP contribution in [0.15, 0.2) is 24.3 Å². The van der Waals surface area contributed by atoms with E-state index in [1.54, 1.807) is 36.0 Å². The summed E-state index contributed by atoms with van der Waals surface area (Å²) in [7, 11) is 3.49. The Labute approximate surface area is 140 Å². The fourth-order valence-electron chi connectivity index (χ4n) is 3.17. The number of hydrogen-bond donors (Lipinski definition) is 1. The molecule has 0 spiro atoms. The van der Waals surface area contributed by atoms with Gasteiger partial charge in [0.1, 0.15) is 0 Å². The van der Waals surface area contributed by atoms with Crippen molar-refractivity contribution in [3.63, 3.8) is 0 Å². The first-order valence-electron chi connectivity index (χ1n) is 7.63. The van der Waals surface area contributed by atoms with Crippen LogP contribution in [-0.2, 0) is 9.53 Å². The molecule has 2 aliphatic heterocycles. The number of carbonyl (C=O) groups excluding carboxylic acids is 2. The fraction of sp³-hybridized carbons (Fsp3) is 0.500. The summed E-state index contributed by atoms with van der Waals surface area (Å²) in [6.45, 7) is 0.904. The number of morpholine rings is 1. The Kier molecular flexibility index (Phi) is 4.46. The van der Waals surface area contributed by atoms with E-state index in [-0.39, 0.29) is 30.1 Å². The highest BCUT2D eigenvalue weighted by atomic mass is 35.5. The van der Waals surface area contributed by atoms with Crippen LogP contribution < -0.4 is 5.32 Å². The van der Waals surface area contributed by atoms with Crippen molar-refractivity contribution in [3.05, 3.63) is 29.3 Å². The second-order valence-electron chi connectivity index (χ2n) is 6.19. The summed E-state index contributed by atoms with van der Waals surface area (Å²) in [5, 5.41) is 3.32. The van der Waals surface area contributed by atoms with Crippen LogP contribution in [0.1, 0.15) is 6.42 Å². The highest BCUT2D eigenvalue weighted by Gasteiger charge is 2.46. The van der Waals surface area contributed by atoms with Gasteiger partial charge >= 0.3 is 6.03 Å². The molecule has 0 aromatic heterocycles. The average Bonchev–Trinajstić information content (AvgIpc) is 2.82. The molecule has 124 valence electrons. The van der Waals surface area contributed by atoms with Crippen molar-refractivity contribution in [1.82, 2.24) is 9.80 Å². The highest BCUT2D eigenvalue weighted by molar-refractivity contribution is 6.33. The Morgan fingerprint density at radius 1 is 1.30 bits per heavy atom. The molecule has 0 aliphatic carbocycles. The zero-order valence-electron chi connectivity index (χ0n) is 13.2. The number of likely N-dealkylation sites (tertiary alicyclic amines) is 1. The molecule has 0 radical (unpaired) electrons. The molecule has 0 saturated carbocycles. The molecule has 1 aromatic carbocycles. The predicted molar refractivity (Wildman–Crippen MR) is 87.5 cm³/mol. The molecule has 2 saturated heterocycles.